The Morgan fingerprint density at radius 1 is 1.17 bits per heavy atom. The van der Waals surface area contributed by atoms with E-state index < -0.39 is 16.6 Å². The van der Waals surface area contributed by atoms with Crippen LogP contribution in [-0.4, -0.2) is 20.9 Å². The predicted octanol–water partition coefficient (Wildman–Crippen LogP) is 2.33. The number of alkyl halides is 2. The van der Waals surface area contributed by atoms with E-state index in [2.05, 4.69) is 14.8 Å². The Balaban J connectivity index is 1.87. The topological polar surface area (TPSA) is 84.5 Å². The summed E-state index contributed by atoms with van der Waals surface area (Å²) in [5, 5.41) is 2.63. The molecule has 3 rings (SSSR count). The van der Waals surface area contributed by atoms with Crippen molar-refractivity contribution >= 4 is 21.6 Å². The van der Waals surface area contributed by atoms with Crippen LogP contribution in [0.5, 0.6) is 5.75 Å². The number of ether oxygens (including phenoxy) is 1. The maximum Gasteiger partial charge on any atom is 0.387 e. The van der Waals surface area contributed by atoms with Crippen LogP contribution in [0.3, 0.4) is 0 Å². The first-order valence-electron chi connectivity index (χ1n) is 6.84. The van der Waals surface area contributed by atoms with Crippen LogP contribution < -0.4 is 14.8 Å². The molecule has 2 aromatic rings. The standard InChI is InChI=1S/C15H12F2N2O4S/c16-15(17)23-11-2-1-3-12(7-11)24(21,22)19-10-5-4-9-8-18-14(20)13(9)6-10/h1-7,15,19H,8H2,(H,18,20). The van der Waals surface area contributed by atoms with Gasteiger partial charge in [-0.3, -0.25) is 9.52 Å². The van der Waals surface area contributed by atoms with Crippen molar-refractivity contribution in [1.82, 2.24) is 5.32 Å². The van der Waals surface area contributed by atoms with E-state index in [1.807, 2.05) is 0 Å². The number of hydrogen-bond acceptors (Lipinski definition) is 4. The molecule has 2 aromatic carbocycles. The van der Waals surface area contributed by atoms with Crippen molar-refractivity contribution in [2.24, 2.45) is 0 Å². The lowest BCUT2D eigenvalue weighted by atomic mass is 10.1. The van der Waals surface area contributed by atoms with E-state index in [0.717, 1.165) is 11.6 Å². The van der Waals surface area contributed by atoms with Crippen molar-refractivity contribution in [3.05, 3.63) is 53.6 Å². The number of rotatable bonds is 5. The molecule has 0 fully saturated rings. The molecule has 1 amide bonds. The number of hydrogen-bond donors (Lipinski definition) is 2. The van der Waals surface area contributed by atoms with Crippen LogP contribution in [0.2, 0.25) is 0 Å². The summed E-state index contributed by atoms with van der Waals surface area (Å²) in [7, 11) is -4.01. The highest BCUT2D eigenvalue weighted by molar-refractivity contribution is 7.92. The molecule has 0 saturated carbocycles. The minimum atomic E-state index is -4.01. The van der Waals surface area contributed by atoms with Gasteiger partial charge in [-0.25, -0.2) is 8.42 Å². The third kappa shape index (κ3) is 3.30. The van der Waals surface area contributed by atoms with Gasteiger partial charge < -0.3 is 10.1 Å². The summed E-state index contributed by atoms with van der Waals surface area (Å²) in [6.07, 6.45) is 0. The Labute approximate surface area is 136 Å². The Hall–Kier alpha value is -2.68. The van der Waals surface area contributed by atoms with Crippen LogP contribution in [0, 0.1) is 0 Å². The van der Waals surface area contributed by atoms with E-state index in [1.165, 1.54) is 30.3 Å². The molecule has 0 spiro atoms. The molecule has 0 aromatic heterocycles. The van der Waals surface area contributed by atoms with E-state index in [9.17, 15) is 22.0 Å². The molecule has 2 N–H and O–H groups in total. The summed E-state index contributed by atoms with van der Waals surface area (Å²) in [5.41, 5.74) is 1.37. The highest BCUT2D eigenvalue weighted by atomic mass is 32.2. The van der Waals surface area contributed by atoms with Gasteiger partial charge in [0.25, 0.3) is 15.9 Å². The fourth-order valence-electron chi connectivity index (χ4n) is 2.31. The molecule has 1 aliphatic rings. The lowest BCUT2D eigenvalue weighted by Crippen LogP contribution is -2.14. The first-order chi connectivity index (χ1) is 11.3. The maximum atomic E-state index is 12.4. The van der Waals surface area contributed by atoms with Gasteiger partial charge in [0.2, 0.25) is 0 Å². The molecule has 6 nitrogen and oxygen atoms in total. The highest BCUT2D eigenvalue weighted by Crippen LogP contribution is 2.24. The summed E-state index contributed by atoms with van der Waals surface area (Å²) < 4.78 is 55.7. The highest BCUT2D eigenvalue weighted by Gasteiger charge is 2.21. The third-order valence-electron chi connectivity index (χ3n) is 3.39. The van der Waals surface area contributed by atoms with Crippen molar-refractivity contribution in [3.63, 3.8) is 0 Å². The summed E-state index contributed by atoms with van der Waals surface area (Å²) in [6, 6.07) is 9.36. The van der Waals surface area contributed by atoms with Gasteiger partial charge >= 0.3 is 6.61 Å². The number of anilines is 1. The molecule has 0 atom stereocenters. The molecule has 1 aliphatic heterocycles. The lowest BCUT2D eigenvalue weighted by Gasteiger charge is -2.10. The van der Waals surface area contributed by atoms with Crippen LogP contribution in [0.15, 0.2) is 47.4 Å². The molecule has 0 unspecified atom stereocenters. The van der Waals surface area contributed by atoms with E-state index in [4.69, 9.17) is 0 Å². The minimum absolute atomic E-state index is 0.200. The SMILES string of the molecule is O=C1NCc2ccc(NS(=O)(=O)c3cccc(OC(F)F)c3)cc21. The number of carbonyl (C=O) groups is 1. The van der Waals surface area contributed by atoms with Crippen molar-refractivity contribution in [2.45, 2.75) is 18.1 Å². The molecule has 0 aliphatic carbocycles. The van der Waals surface area contributed by atoms with Crippen LogP contribution in [0.4, 0.5) is 14.5 Å². The quantitative estimate of drug-likeness (QED) is 0.863. The normalized spacial score (nSPS) is 13.5. The number of amides is 1. The van der Waals surface area contributed by atoms with Gasteiger partial charge in [-0.1, -0.05) is 12.1 Å². The van der Waals surface area contributed by atoms with Crippen molar-refractivity contribution in [3.8, 4) is 5.75 Å². The Bertz CT molecular complexity index is 900. The van der Waals surface area contributed by atoms with Gasteiger partial charge in [-0.2, -0.15) is 8.78 Å². The van der Waals surface area contributed by atoms with Crippen LogP contribution >= 0.6 is 0 Å². The monoisotopic (exact) mass is 354 g/mol. The zero-order valence-electron chi connectivity index (χ0n) is 12.1. The first-order valence-corrected chi connectivity index (χ1v) is 8.32. The second-order valence-corrected chi connectivity index (χ2v) is 6.70. The van der Waals surface area contributed by atoms with E-state index >= 15 is 0 Å². The van der Waals surface area contributed by atoms with Gasteiger partial charge in [-0.15, -0.1) is 0 Å². The zero-order chi connectivity index (χ0) is 17.3. The molecule has 0 saturated heterocycles. The predicted molar refractivity (Wildman–Crippen MR) is 81.5 cm³/mol. The summed E-state index contributed by atoms with van der Waals surface area (Å²) in [6.45, 7) is -2.65. The number of nitrogens with one attached hydrogen (secondary N) is 2. The Morgan fingerprint density at radius 2 is 1.96 bits per heavy atom. The minimum Gasteiger partial charge on any atom is -0.435 e. The first kappa shape index (κ1) is 16.2. The number of benzene rings is 2. The Morgan fingerprint density at radius 3 is 2.71 bits per heavy atom. The van der Waals surface area contributed by atoms with E-state index in [0.29, 0.717) is 12.1 Å². The molecular formula is C15H12F2N2O4S. The lowest BCUT2D eigenvalue weighted by molar-refractivity contribution is -0.0499. The van der Waals surface area contributed by atoms with Crippen LogP contribution in [-0.2, 0) is 16.6 Å². The third-order valence-corrected chi connectivity index (χ3v) is 4.77. The maximum absolute atomic E-state index is 12.4. The van der Waals surface area contributed by atoms with Gasteiger partial charge in [-0.05, 0) is 29.8 Å². The number of fused-ring (bicyclic) bond motifs is 1. The second-order valence-electron chi connectivity index (χ2n) is 5.01. The van der Waals surface area contributed by atoms with Crippen LogP contribution in [0.1, 0.15) is 15.9 Å². The fourth-order valence-corrected chi connectivity index (χ4v) is 3.39. The van der Waals surface area contributed by atoms with Crippen LogP contribution in [0.25, 0.3) is 0 Å². The molecular weight excluding hydrogens is 342 g/mol. The van der Waals surface area contributed by atoms with Gasteiger partial charge in [0.1, 0.15) is 5.75 Å². The smallest absolute Gasteiger partial charge is 0.387 e. The average molecular weight is 354 g/mol. The van der Waals surface area contributed by atoms with Crippen molar-refractivity contribution in [2.75, 3.05) is 4.72 Å². The summed E-state index contributed by atoms with van der Waals surface area (Å²) in [5.74, 6) is -0.542. The van der Waals surface area contributed by atoms with Gasteiger partial charge in [0.15, 0.2) is 0 Å². The average Bonchev–Trinajstić information content (AvgIpc) is 2.88. The van der Waals surface area contributed by atoms with Crippen molar-refractivity contribution in [1.29, 1.82) is 0 Å². The molecule has 0 radical (unpaired) electrons. The fraction of sp³-hybridized carbons (Fsp3) is 0.133. The molecule has 9 heteroatoms. The Kier molecular flexibility index (Phi) is 4.10. The van der Waals surface area contributed by atoms with Crippen molar-refractivity contribution < 1.29 is 26.7 Å². The van der Waals surface area contributed by atoms with E-state index in [-0.39, 0.29) is 22.2 Å². The number of carbonyl (C=O) groups excluding carboxylic acids is 1. The summed E-state index contributed by atoms with van der Waals surface area (Å²) in [4.78, 5) is 11.4. The molecule has 1 heterocycles. The second kappa shape index (κ2) is 6.08. The molecule has 126 valence electrons. The van der Waals surface area contributed by atoms with E-state index in [1.54, 1.807) is 6.07 Å². The zero-order valence-corrected chi connectivity index (χ0v) is 12.9. The molecule has 24 heavy (non-hydrogen) atoms. The summed E-state index contributed by atoms with van der Waals surface area (Å²) >= 11 is 0. The largest absolute Gasteiger partial charge is 0.435 e. The van der Waals surface area contributed by atoms with Gasteiger partial charge in [0, 0.05) is 23.9 Å². The number of halogens is 2. The van der Waals surface area contributed by atoms with Gasteiger partial charge in [0.05, 0.1) is 4.90 Å². The number of sulfonamides is 1. The molecule has 0 bridgehead atoms.